The van der Waals surface area contributed by atoms with Gasteiger partial charge in [-0.3, -0.25) is 14.4 Å². The summed E-state index contributed by atoms with van der Waals surface area (Å²) in [6, 6.07) is 9.71. The molecule has 2 aromatic heterocycles. The van der Waals surface area contributed by atoms with Gasteiger partial charge in [0.2, 0.25) is 11.7 Å². The van der Waals surface area contributed by atoms with E-state index >= 15 is 0 Å². The molecular formula is C27H24ClFN6O3. The van der Waals surface area contributed by atoms with Gasteiger partial charge in [-0.1, -0.05) is 35.9 Å². The van der Waals surface area contributed by atoms with E-state index in [0.717, 1.165) is 11.8 Å². The van der Waals surface area contributed by atoms with Crippen LogP contribution >= 0.6 is 11.6 Å². The number of nitrogens with zero attached hydrogens (tertiary/aromatic N) is 5. The van der Waals surface area contributed by atoms with Gasteiger partial charge in [-0.2, -0.15) is 5.21 Å². The van der Waals surface area contributed by atoms with Crippen molar-refractivity contribution >= 4 is 40.0 Å². The second-order valence-electron chi connectivity index (χ2n) is 9.99. The van der Waals surface area contributed by atoms with E-state index in [1.165, 1.54) is 13.0 Å². The molecular weight excluding hydrogens is 511 g/mol. The fourth-order valence-electron chi connectivity index (χ4n) is 5.62. The Kier molecular flexibility index (Phi) is 6.06. The van der Waals surface area contributed by atoms with E-state index < -0.39 is 11.9 Å². The number of tetrazole rings is 1. The van der Waals surface area contributed by atoms with Crippen LogP contribution in [-0.2, 0) is 22.6 Å². The quantitative estimate of drug-likeness (QED) is 0.342. The molecule has 2 fully saturated rings. The molecule has 1 saturated heterocycles. The minimum absolute atomic E-state index is 0.0185. The summed E-state index contributed by atoms with van der Waals surface area (Å²) < 4.78 is 16.0. The maximum absolute atomic E-state index is 14.3. The van der Waals surface area contributed by atoms with E-state index in [1.807, 2.05) is 12.1 Å². The number of benzene rings is 2. The first-order valence-electron chi connectivity index (χ1n) is 12.5. The minimum Gasteiger partial charge on any atom is -0.337 e. The molecule has 0 radical (unpaired) electrons. The van der Waals surface area contributed by atoms with Crippen molar-refractivity contribution in [1.82, 2.24) is 30.1 Å². The Morgan fingerprint density at radius 3 is 2.79 bits per heavy atom. The standard InChI is InChI=1S/C27H24ClFN6O3/c1-14(36)19-12-34(22-9-16(5-7-18(19)22)27-30-32-33-31-27)13-25(38)35-21-10-17(21)11-23(35)24(37)8-6-15-3-2-4-20(28)26(15)29/h2-5,7,9,12,17,21,23H,6,8,10-11,13H2,1H3,(H,30,31,32,33)/t17?,21-,23+/m1/s1. The average molecular weight is 535 g/mol. The first kappa shape index (κ1) is 24.4. The molecule has 3 atom stereocenters. The Hall–Kier alpha value is -3.92. The SMILES string of the molecule is CC(=O)c1cn(CC(=O)N2[C@@H]3CC3C[C@H]2C(=O)CCc2cccc(Cl)c2F)c2cc(-c3nn[nH]n3)ccc12. The maximum Gasteiger partial charge on any atom is 0.243 e. The summed E-state index contributed by atoms with van der Waals surface area (Å²) in [4.78, 5) is 40.9. The van der Waals surface area contributed by atoms with Crippen molar-refractivity contribution in [3.05, 3.63) is 64.6 Å². The summed E-state index contributed by atoms with van der Waals surface area (Å²) in [6.45, 7) is 1.47. The van der Waals surface area contributed by atoms with E-state index in [0.29, 0.717) is 40.4 Å². The van der Waals surface area contributed by atoms with E-state index in [-0.39, 0.29) is 47.9 Å². The van der Waals surface area contributed by atoms with Gasteiger partial charge >= 0.3 is 0 Å². The van der Waals surface area contributed by atoms with Crippen LogP contribution in [0.4, 0.5) is 4.39 Å². The van der Waals surface area contributed by atoms with Crippen LogP contribution in [0.25, 0.3) is 22.3 Å². The van der Waals surface area contributed by atoms with Gasteiger partial charge in [-0.15, -0.1) is 10.2 Å². The van der Waals surface area contributed by atoms with Gasteiger partial charge < -0.3 is 9.47 Å². The van der Waals surface area contributed by atoms with Gasteiger partial charge in [0.1, 0.15) is 12.4 Å². The molecule has 1 N–H and O–H groups in total. The lowest BCUT2D eigenvalue weighted by Gasteiger charge is -2.27. The van der Waals surface area contributed by atoms with Crippen molar-refractivity contribution in [2.24, 2.45) is 5.92 Å². The van der Waals surface area contributed by atoms with Crippen molar-refractivity contribution in [2.75, 3.05) is 0 Å². The van der Waals surface area contributed by atoms with Crippen LogP contribution in [0.3, 0.4) is 0 Å². The molecule has 6 rings (SSSR count). The molecule has 1 amide bonds. The smallest absolute Gasteiger partial charge is 0.243 e. The summed E-state index contributed by atoms with van der Waals surface area (Å²) in [7, 11) is 0. The van der Waals surface area contributed by atoms with E-state index in [9.17, 15) is 18.8 Å². The van der Waals surface area contributed by atoms with Gasteiger partial charge in [0.15, 0.2) is 11.6 Å². The van der Waals surface area contributed by atoms with Gasteiger partial charge in [0.25, 0.3) is 0 Å². The Bertz CT molecular complexity index is 1580. The van der Waals surface area contributed by atoms with Crippen LogP contribution < -0.4 is 0 Å². The molecule has 38 heavy (non-hydrogen) atoms. The number of halogens is 2. The normalized spacial score (nSPS) is 20.1. The Morgan fingerprint density at radius 1 is 1.18 bits per heavy atom. The minimum atomic E-state index is -0.530. The number of nitrogens with one attached hydrogen (secondary N) is 1. The van der Waals surface area contributed by atoms with Gasteiger partial charge in [0, 0.05) is 40.7 Å². The molecule has 4 aromatic rings. The second kappa shape index (κ2) is 9.43. The number of piperidine rings is 1. The van der Waals surface area contributed by atoms with Gasteiger partial charge in [-0.05, 0) is 55.0 Å². The topological polar surface area (TPSA) is 114 Å². The number of carbonyl (C=O) groups excluding carboxylic acids is 3. The number of carbonyl (C=O) groups is 3. The Morgan fingerprint density at radius 2 is 2.03 bits per heavy atom. The number of aromatic nitrogens is 5. The van der Waals surface area contributed by atoms with Gasteiger partial charge in [0.05, 0.1) is 11.1 Å². The fourth-order valence-corrected chi connectivity index (χ4v) is 5.82. The van der Waals surface area contributed by atoms with Crippen LogP contribution in [0, 0.1) is 11.7 Å². The zero-order valence-electron chi connectivity index (χ0n) is 20.5. The molecule has 2 aromatic carbocycles. The molecule has 3 heterocycles. The van der Waals surface area contributed by atoms with Crippen molar-refractivity contribution in [2.45, 2.75) is 51.2 Å². The van der Waals surface area contributed by atoms with Crippen LogP contribution in [0.15, 0.2) is 42.6 Å². The highest BCUT2D eigenvalue weighted by Crippen LogP contribution is 2.48. The first-order valence-corrected chi connectivity index (χ1v) is 12.8. The third kappa shape index (κ3) is 4.28. The first-order chi connectivity index (χ1) is 18.3. The lowest BCUT2D eigenvalue weighted by Crippen LogP contribution is -2.44. The zero-order valence-corrected chi connectivity index (χ0v) is 21.3. The lowest BCUT2D eigenvalue weighted by atomic mass is 10.00. The fraction of sp³-hybridized carbons (Fsp3) is 0.333. The van der Waals surface area contributed by atoms with Crippen LogP contribution in [0.5, 0.6) is 0 Å². The van der Waals surface area contributed by atoms with E-state index in [1.54, 1.807) is 33.9 Å². The number of likely N-dealkylation sites (tertiary alicyclic amines) is 1. The van der Waals surface area contributed by atoms with E-state index in [4.69, 9.17) is 11.6 Å². The number of rotatable bonds is 8. The van der Waals surface area contributed by atoms with Crippen LogP contribution in [0.2, 0.25) is 5.02 Å². The summed E-state index contributed by atoms with van der Waals surface area (Å²) in [5, 5.41) is 14.8. The number of H-pyrrole nitrogens is 1. The number of Topliss-reactive ketones (excluding diaryl/α,β-unsaturated/α-hetero) is 2. The molecule has 1 unspecified atom stereocenters. The molecule has 1 aliphatic carbocycles. The largest absolute Gasteiger partial charge is 0.337 e. The van der Waals surface area contributed by atoms with Crippen molar-refractivity contribution in [1.29, 1.82) is 0 Å². The molecule has 0 spiro atoms. The number of ketones is 2. The van der Waals surface area contributed by atoms with Crippen LogP contribution in [0.1, 0.15) is 42.1 Å². The number of amides is 1. The van der Waals surface area contributed by atoms with Gasteiger partial charge in [-0.25, -0.2) is 4.39 Å². The molecule has 11 heteroatoms. The average Bonchev–Trinajstić information content (AvgIpc) is 3.27. The molecule has 1 saturated carbocycles. The number of hydrogen-bond donors (Lipinski definition) is 1. The predicted octanol–water partition coefficient (Wildman–Crippen LogP) is 4.01. The highest BCUT2D eigenvalue weighted by molar-refractivity contribution is 6.30. The Balaban J connectivity index is 1.24. The number of aryl methyl sites for hydroxylation is 1. The molecule has 194 valence electrons. The molecule has 2 aliphatic rings. The maximum atomic E-state index is 14.3. The molecule has 0 bridgehead atoms. The van der Waals surface area contributed by atoms with Crippen molar-refractivity contribution in [3.8, 4) is 11.4 Å². The highest BCUT2D eigenvalue weighted by Gasteiger charge is 2.55. The second-order valence-corrected chi connectivity index (χ2v) is 10.4. The number of hydrogen-bond acceptors (Lipinski definition) is 6. The number of aromatic amines is 1. The highest BCUT2D eigenvalue weighted by atomic mass is 35.5. The Labute approximate surface area is 222 Å². The van der Waals surface area contributed by atoms with Crippen molar-refractivity contribution in [3.63, 3.8) is 0 Å². The van der Waals surface area contributed by atoms with E-state index in [2.05, 4.69) is 20.6 Å². The summed E-state index contributed by atoms with van der Waals surface area (Å²) >= 11 is 5.88. The lowest BCUT2D eigenvalue weighted by molar-refractivity contribution is -0.139. The molecule has 1 aliphatic heterocycles. The predicted molar refractivity (Wildman–Crippen MR) is 137 cm³/mol. The van der Waals surface area contributed by atoms with Crippen LogP contribution in [-0.4, -0.2) is 59.6 Å². The third-order valence-corrected chi connectivity index (χ3v) is 7.90. The van der Waals surface area contributed by atoms with Crippen molar-refractivity contribution < 1.29 is 18.8 Å². The third-order valence-electron chi connectivity index (χ3n) is 7.61. The summed E-state index contributed by atoms with van der Waals surface area (Å²) in [5.41, 5.74) is 2.28. The summed E-state index contributed by atoms with van der Waals surface area (Å²) in [6.07, 6.45) is 3.54. The number of fused-ring (bicyclic) bond motifs is 2. The zero-order chi connectivity index (χ0) is 26.6. The summed E-state index contributed by atoms with van der Waals surface area (Å²) in [5.74, 6) is -0.166. The molecule has 9 nitrogen and oxygen atoms in total. The monoisotopic (exact) mass is 534 g/mol.